The number of nitrogens with zero attached hydrogens (tertiary/aromatic N) is 2. The molecular formula is C13H25N3. The van der Waals surface area contributed by atoms with Crippen LogP contribution in [0.25, 0.3) is 0 Å². The van der Waals surface area contributed by atoms with E-state index in [2.05, 4.69) is 30.1 Å². The Kier molecular flexibility index (Phi) is 6.44. The van der Waals surface area contributed by atoms with Crippen LogP contribution in [-0.2, 0) is 0 Å². The Morgan fingerprint density at radius 1 is 1.38 bits per heavy atom. The zero-order valence-electron chi connectivity index (χ0n) is 10.7. The van der Waals surface area contributed by atoms with E-state index in [9.17, 15) is 0 Å². The van der Waals surface area contributed by atoms with E-state index in [-0.39, 0.29) is 0 Å². The molecule has 16 heavy (non-hydrogen) atoms. The van der Waals surface area contributed by atoms with Crippen LogP contribution in [0.5, 0.6) is 0 Å². The molecule has 0 aromatic heterocycles. The molecule has 3 heteroatoms. The van der Waals surface area contributed by atoms with Crippen molar-refractivity contribution in [1.29, 1.82) is 5.26 Å². The zero-order valence-corrected chi connectivity index (χ0v) is 10.7. The first-order chi connectivity index (χ1) is 7.74. The van der Waals surface area contributed by atoms with E-state index in [4.69, 9.17) is 5.26 Å². The third-order valence-corrected chi connectivity index (χ3v) is 3.17. The summed E-state index contributed by atoms with van der Waals surface area (Å²) in [5, 5.41) is 12.2. The van der Waals surface area contributed by atoms with E-state index in [0.29, 0.717) is 18.4 Å². The van der Waals surface area contributed by atoms with Gasteiger partial charge in [-0.15, -0.1) is 0 Å². The summed E-state index contributed by atoms with van der Waals surface area (Å²) >= 11 is 0. The Labute approximate surface area is 99.8 Å². The van der Waals surface area contributed by atoms with E-state index in [1.165, 1.54) is 19.3 Å². The smallest absolute Gasteiger partial charge is 0.0635 e. The first kappa shape index (κ1) is 13.5. The Hall–Kier alpha value is -0.590. The third kappa shape index (κ3) is 4.96. The third-order valence-electron chi connectivity index (χ3n) is 3.17. The van der Waals surface area contributed by atoms with Gasteiger partial charge in [-0.25, -0.2) is 0 Å². The van der Waals surface area contributed by atoms with E-state index in [1.54, 1.807) is 0 Å². The molecular weight excluding hydrogens is 198 g/mol. The lowest BCUT2D eigenvalue weighted by Crippen LogP contribution is -2.39. The minimum Gasteiger partial charge on any atom is -0.317 e. The maximum absolute atomic E-state index is 8.71. The highest BCUT2D eigenvalue weighted by Crippen LogP contribution is 2.15. The predicted molar refractivity (Wildman–Crippen MR) is 67.1 cm³/mol. The first-order valence-corrected chi connectivity index (χ1v) is 6.55. The van der Waals surface area contributed by atoms with Gasteiger partial charge in [0.25, 0.3) is 0 Å². The Morgan fingerprint density at radius 3 is 2.88 bits per heavy atom. The van der Waals surface area contributed by atoms with Crippen LogP contribution in [0.2, 0.25) is 0 Å². The van der Waals surface area contributed by atoms with Crippen molar-refractivity contribution in [2.24, 2.45) is 5.92 Å². The second-order valence-corrected chi connectivity index (χ2v) is 5.13. The van der Waals surface area contributed by atoms with Gasteiger partial charge in [0.15, 0.2) is 0 Å². The summed E-state index contributed by atoms with van der Waals surface area (Å²) < 4.78 is 0. The van der Waals surface area contributed by atoms with E-state index in [0.717, 1.165) is 26.2 Å². The van der Waals surface area contributed by atoms with Crippen LogP contribution >= 0.6 is 0 Å². The standard InChI is InChI=1S/C13H25N3/c1-12(2)11-16(10-4-7-14)13-5-3-8-15-9-6-13/h12-13,15H,3-6,8-11H2,1-2H3. The van der Waals surface area contributed by atoms with E-state index < -0.39 is 0 Å². The number of hydrogen-bond donors (Lipinski definition) is 1. The van der Waals surface area contributed by atoms with Gasteiger partial charge in [-0.1, -0.05) is 13.8 Å². The van der Waals surface area contributed by atoms with Crippen molar-refractivity contribution in [1.82, 2.24) is 10.2 Å². The molecule has 92 valence electrons. The van der Waals surface area contributed by atoms with Gasteiger partial charge in [0.2, 0.25) is 0 Å². The van der Waals surface area contributed by atoms with Crippen molar-refractivity contribution in [3.8, 4) is 6.07 Å². The summed E-state index contributed by atoms with van der Waals surface area (Å²) in [5.74, 6) is 0.690. The molecule has 0 aliphatic carbocycles. The molecule has 0 bridgehead atoms. The minimum atomic E-state index is 0.663. The van der Waals surface area contributed by atoms with Crippen molar-refractivity contribution < 1.29 is 0 Å². The molecule has 1 unspecified atom stereocenters. The average molecular weight is 223 g/mol. The Bertz CT molecular complexity index is 212. The van der Waals surface area contributed by atoms with Crippen molar-refractivity contribution in [2.75, 3.05) is 26.2 Å². The van der Waals surface area contributed by atoms with Crippen molar-refractivity contribution in [3.63, 3.8) is 0 Å². The summed E-state index contributed by atoms with van der Waals surface area (Å²) in [6.07, 6.45) is 4.45. The van der Waals surface area contributed by atoms with Gasteiger partial charge >= 0.3 is 0 Å². The second-order valence-electron chi connectivity index (χ2n) is 5.13. The second kappa shape index (κ2) is 7.65. The molecule has 1 rings (SSSR count). The van der Waals surface area contributed by atoms with Crippen LogP contribution in [0.3, 0.4) is 0 Å². The van der Waals surface area contributed by atoms with E-state index in [1.807, 2.05) is 0 Å². The number of rotatable bonds is 5. The van der Waals surface area contributed by atoms with Crippen LogP contribution in [0.1, 0.15) is 39.5 Å². The monoisotopic (exact) mass is 223 g/mol. The number of nitrogens with one attached hydrogen (secondary N) is 1. The van der Waals surface area contributed by atoms with Gasteiger partial charge in [0.1, 0.15) is 0 Å². The molecule has 1 saturated heterocycles. The number of hydrogen-bond acceptors (Lipinski definition) is 3. The lowest BCUT2D eigenvalue weighted by atomic mass is 10.1. The molecule has 1 heterocycles. The molecule has 1 aliphatic rings. The average Bonchev–Trinajstić information content (AvgIpc) is 2.52. The SMILES string of the molecule is CC(C)CN(CCC#N)C1CCCNCC1. The predicted octanol–water partition coefficient (Wildman–Crippen LogP) is 2.00. The highest BCUT2D eigenvalue weighted by atomic mass is 15.2. The van der Waals surface area contributed by atoms with Gasteiger partial charge in [0.05, 0.1) is 6.07 Å². The summed E-state index contributed by atoms with van der Waals surface area (Å²) in [5.41, 5.74) is 0. The van der Waals surface area contributed by atoms with Gasteiger partial charge in [-0.3, -0.25) is 4.90 Å². The molecule has 0 saturated carbocycles. The van der Waals surface area contributed by atoms with Gasteiger partial charge in [-0.05, 0) is 38.3 Å². The van der Waals surface area contributed by atoms with Crippen LogP contribution in [0, 0.1) is 17.2 Å². The normalized spacial score (nSPS) is 22.1. The molecule has 0 aromatic rings. The molecule has 0 amide bonds. The Morgan fingerprint density at radius 2 is 2.19 bits per heavy atom. The lowest BCUT2D eigenvalue weighted by Gasteiger charge is -2.31. The van der Waals surface area contributed by atoms with Gasteiger partial charge in [-0.2, -0.15) is 5.26 Å². The highest BCUT2D eigenvalue weighted by Gasteiger charge is 2.20. The first-order valence-electron chi connectivity index (χ1n) is 6.55. The fourth-order valence-corrected chi connectivity index (χ4v) is 2.45. The fourth-order valence-electron chi connectivity index (χ4n) is 2.45. The molecule has 1 atom stereocenters. The molecule has 0 aromatic carbocycles. The van der Waals surface area contributed by atoms with Crippen molar-refractivity contribution in [2.45, 2.75) is 45.6 Å². The summed E-state index contributed by atoms with van der Waals surface area (Å²) in [6.45, 7) is 8.88. The molecule has 1 N–H and O–H groups in total. The summed E-state index contributed by atoms with van der Waals surface area (Å²) in [7, 11) is 0. The molecule has 0 radical (unpaired) electrons. The summed E-state index contributed by atoms with van der Waals surface area (Å²) in [4.78, 5) is 2.53. The topological polar surface area (TPSA) is 39.1 Å². The largest absolute Gasteiger partial charge is 0.317 e. The minimum absolute atomic E-state index is 0.663. The molecule has 1 fully saturated rings. The van der Waals surface area contributed by atoms with Crippen LogP contribution < -0.4 is 5.32 Å². The zero-order chi connectivity index (χ0) is 11.8. The van der Waals surface area contributed by atoms with Crippen LogP contribution in [0.4, 0.5) is 0 Å². The quantitative estimate of drug-likeness (QED) is 0.775. The van der Waals surface area contributed by atoms with Gasteiger partial charge < -0.3 is 5.32 Å². The van der Waals surface area contributed by atoms with Crippen LogP contribution in [0.15, 0.2) is 0 Å². The maximum atomic E-state index is 8.71. The van der Waals surface area contributed by atoms with Crippen LogP contribution in [-0.4, -0.2) is 37.1 Å². The highest BCUT2D eigenvalue weighted by molar-refractivity contribution is 4.80. The Balaban J connectivity index is 2.47. The molecule has 1 aliphatic heterocycles. The molecule has 3 nitrogen and oxygen atoms in total. The summed E-state index contributed by atoms with van der Waals surface area (Å²) in [6, 6.07) is 2.95. The lowest BCUT2D eigenvalue weighted by molar-refractivity contribution is 0.166. The maximum Gasteiger partial charge on any atom is 0.0635 e. The van der Waals surface area contributed by atoms with Crippen molar-refractivity contribution >= 4 is 0 Å². The van der Waals surface area contributed by atoms with Gasteiger partial charge in [0, 0.05) is 25.6 Å². The molecule has 0 spiro atoms. The fraction of sp³-hybridized carbons (Fsp3) is 0.923. The van der Waals surface area contributed by atoms with E-state index >= 15 is 0 Å². The number of nitriles is 1. The van der Waals surface area contributed by atoms with Crippen molar-refractivity contribution in [3.05, 3.63) is 0 Å².